The van der Waals surface area contributed by atoms with Crippen molar-refractivity contribution in [2.75, 3.05) is 0 Å². The molecule has 3 aliphatic carbocycles. The minimum atomic E-state index is -0.171. The maximum absolute atomic E-state index is 9.65. The van der Waals surface area contributed by atoms with Crippen LogP contribution < -0.4 is 0 Å². The van der Waals surface area contributed by atoms with Crippen LogP contribution in [0.5, 0.6) is 0 Å². The number of rotatable bonds is 0. The van der Waals surface area contributed by atoms with E-state index in [-0.39, 0.29) is 6.10 Å². The predicted octanol–water partition coefficient (Wildman–Crippen LogP) is 1.97. The van der Waals surface area contributed by atoms with Crippen molar-refractivity contribution < 1.29 is 5.11 Å². The standard InChI is InChI=1S/C10H16O/c1-6-4-9(11)8-5-7(6)10(8,2)3/h4,7-9,11H,5H2,1-3H3/t7?,8?,9-/m0/s1. The number of aliphatic hydroxyl groups excluding tert-OH is 1. The van der Waals surface area contributed by atoms with Crippen molar-refractivity contribution in [2.24, 2.45) is 17.3 Å². The highest BCUT2D eigenvalue weighted by Crippen LogP contribution is 2.58. The normalized spacial score (nSPS) is 46.2. The third-order valence-electron chi connectivity index (χ3n) is 3.74. The van der Waals surface area contributed by atoms with E-state index in [1.807, 2.05) is 6.08 Å². The number of aliphatic hydroxyl groups is 1. The van der Waals surface area contributed by atoms with Gasteiger partial charge in [0.05, 0.1) is 6.10 Å². The summed E-state index contributed by atoms with van der Waals surface area (Å²) >= 11 is 0. The first kappa shape index (κ1) is 7.35. The molecule has 1 saturated carbocycles. The van der Waals surface area contributed by atoms with E-state index in [9.17, 15) is 5.11 Å². The van der Waals surface area contributed by atoms with Crippen LogP contribution in [0.4, 0.5) is 0 Å². The molecule has 1 heteroatoms. The van der Waals surface area contributed by atoms with Gasteiger partial charge in [-0.05, 0) is 30.6 Å². The molecule has 1 N–H and O–H groups in total. The largest absolute Gasteiger partial charge is 0.389 e. The summed E-state index contributed by atoms with van der Waals surface area (Å²) in [6, 6.07) is 0. The van der Waals surface area contributed by atoms with Crippen LogP contribution in [0.15, 0.2) is 11.6 Å². The molecule has 3 rings (SSSR count). The number of hydrogen-bond donors (Lipinski definition) is 1. The smallest absolute Gasteiger partial charge is 0.0757 e. The molecule has 3 aliphatic rings. The van der Waals surface area contributed by atoms with Crippen molar-refractivity contribution in [2.45, 2.75) is 33.3 Å². The Labute approximate surface area is 68.1 Å². The SMILES string of the molecule is CC1=C[C@H](O)C2CC1C2(C)C. The maximum Gasteiger partial charge on any atom is 0.0757 e. The summed E-state index contributed by atoms with van der Waals surface area (Å²) in [6.07, 6.45) is 3.07. The molecule has 1 nitrogen and oxygen atoms in total. The van der Waals surface area contributed by atoms with Gasteiger partial charge in [0.1, 0.15) is 0 Å². The van der Waals surface area contributed by atoms with Gasteiger partial charge in [-0.15, -0.1) is 0 Å². The van der Waals surface area contributed by atoms with Crippen molar-refractivity contribution in [3.8, 4) is 0 Å². The van der Waals surface area contributed by atoms with Crippen LogP contribution in [-0.2, 0) is 0 Å². The van der Waals surface area contributed by atoms with Gasteiger partial charge < -0.3 is 5.11 Å². The van der Waals surface area contributed by atoms with E-state index in [0.717, 1.165) is 5.92 Å². The molecule has 0 amide bonds. The molecule has 0 aliphatic heterocycles. The second-order valence-corrected chi connectivity index (χ2v) is 4.62. The molecule has 2 unspecified atom stereocenters. The minimum Gasteiger partial charge on any atom is -0.389 e. The van der Waals surface area contributed by atoms with Gasteiger partial charge in [-0.3, -0.25) is 0 Å². The molecule has 0 spiro atoms. The molecule has 0 saturated heterocycles. The lowest BCUT2D eigenvalue weighted by Gasteiger charge is -2.57. The highest BCUT2D eigenvalue weighted by molar-refractivity contribution is 5.24. The first-order valence-corrected chi connectivity index (χ1v) is 4.40. The summed E-state index contributed by atoms with van der Waals surface area (Å²) in [5.41, 5.74) is 1.75. The molecule has 1 fully saturated rings. The molecule has 11 heavy (non-hydrogen) atoms. The summed E-state index contributed by atoms with van der Waals surface area (Å²) < 4.78 is 0. The molecule has 62 valence electrons. The fraction of sp³-hybridized carbons (Fsp3) is 0.800. The Morgan fingerprint density at radius 1 is 1.55 bits per heavy atom. The molecule has 0 aromatic carbocycles. The Morgan fingerprint density at radius 2 is 2.18 bits per heavy atom. The minimum absolute atomic E-state index is 0.171. The van der Waals surface area contributed by atoms with E-state index in [1.54, 1.807) is 0 Å². The molecule has 2 bridgehead atoms. The zero-order valence-electron chi connectivity index (χ0n) is 7.46. The molecule has 0 aromatic heterocycles. The topological polar surface area (TPSA) is 20.2 Å². The van der Waals surface area contributed by atoms with Crippen LogP contribution >= 0.6 is 0 Å². The molecule has 0 heterocycles. The van der Waals surface area contributed by atoms with Gasteiger partial charge in [-0.25, -0.2) is 0 Å². The molecular formula is C10H16O. The molecule has 3 atom stereocenters. The Hall–Kier alpha value is -0.300. The first-order valence-electron chi connectivity index (χ1n) is 4.40. The van der Waals surface area contributed by atoms with Crippen LogP contribution in [0.3, 0.4) is 0 Å². The van der Waals surface area contributed by atoms with Gasteiger partial charge >= 0.3 is 0 Å². The highest BCUT2D eigenvalue weighted by Gasteiger charge is 2.53. The van der Waals surface area contributed by atoms with Gasteiger partial charge in [0.2, 0.25) is 0 Å². The zero-order valence-corrected chi connectivity index (χ0v) is 7.46. The summed E-state index contributed by atoms with van der Waals surface area (Å²) in [6.45, 7) is 6.68. The zero-order chi connectivity index (χ0) is 8.22. The quantitative estimate of drug-likeness (QED) is 0.526. The van der Waals surface area contributed by atoms with Crippen molar-refractivity contribution in [3.05, 3.63) is 11.6 Å². The Balaban J connectivity index is 2.34. The number of allylic oxidation sites excluding steroid dienone is 1. The molecule has 0 radical (unpaired) electrons. The second kappa shape index (κ2) is 1.89. The highest BCUT2D eigenvalue weighted by atomic mass is 16.3. The molecular weight excluding hydrogens is 136 g/mol. The fourth-order valence-corrected chi connectivity index (χ4v) is 2.81. The van der Waals surface area contributed by atoms with Gasteiger partial charge in [0, 0.05) is 0 Å². The molecule has 0 aromatic rings. The van der Waals surface area contributed by atoms with Crippen LogP contribution in [0.1, 0.15) is 27.2 Å². The summed E-state index contributed by atoms with van der Waals surface area (Å²) in [7, 11) is 0. The van der Waals surface area contributed by atoms with Crippen molar-refractivity contribution in [1.29, 1.82) is 0 Å². The van der Waals surface area contributed by atoms with E-state index < -0.39 is 0 Å². The van der Waals surface area contributed by atoms with Gasteiger partial charge in [0.25, 0.3) is 0 Å². The lowest BCUT2D eigenvalue weighted by atomic mass is 9.48. The van der Waals surface area contributed by atoms with Crippen molar-refractivity contribution in [1.82, 2.24) is 0 Å². The third-order valence-corrected chi connectivity index (χ3v) is 3.74. The summed E-state index contributed by atoms with van der Waals surface area (Å²) in [5, 5.41) is 9.65. The van der Waals surface area contributed by atoms with Crippen molar-refractivity contribution >= 4 is 0 Å². The second-order valence-electron chi connectivity index (χ2n) is 4.62. The lowest BCUT2D eigenvalue weighted by Crippen LogP contribution is -2.53. The van der Waals surface area contributed by atoms with Crippen molar-refractivity contribution in [3.63, 3.8) is 0 Å². The summed E-state index contributed by atoms with van der Waals surface area (Å²) in [5.74, 6) is 1.27. The fourth-order valence-electron chi connectivity index (χ4n) is 2.81. The van der Waals surface area contributed by atoms with Crippen LogP contribution in [0.2, 0.25) is 0 Å². The van der Waals surface area contributed by atoms with E-state index in [1.165, 1.54) is 12.0 Å². The Kier molecular flexibility index (Phi) is 1.26. The van der Waals surface area contributed by atoms with Crippen LogP contribution in [0, 0.1) is 17.3 Å². The van der Waals surface area contributed by atoms with Crippen LogP contribution in [0.25, 0.3) is 0 Å². The van der Waals surface area contributed by atoms with Gasteiger partial charge in [-0.1, -0.05) is 25.5 Å². The third kappa shape index (κ3) is 0.750. The average Bonchev–Trinajstić information content (AvgIpc) is 1.84. The van der Waals surface area contributed by atoms with E-state index in [0.29, 0.717) is 11.3 Å². The van der Waals surface area contributed by atoms with Crippen LogP contribution in [-0.4, -0.2) is 11.2 Å². The summed E-state index contributed by atoms with van der Waals surface area (Å²) in [4.78, 5) is 0. The van der Waals surface area contributed by atoms with Gasteiger partial charge in [0.15, 0.2) is 0 Å². The van der Waals surface area contributed by atoms with E-state index in [4.69, 9.17) is 0 Å². The van der Waals surface area contributed by atoms with E-state index >= 15 is 0 Å². The monoisotopic (exact) mass is 152 g/mol. The number of hydrogen-bond acceptors (Lipinski definition) is 1. The maximum atomic E-state index is 9.65. The van der Waals surface area contributed by atoms with E-state index in [2.05, 4.69) is 20.8 Å². The first-order chi connectivity index (χ1) is 5.03. The number of fused-ring (bicyclic) bond motifs is 1. The average molecular weight is 152 g/mol. The Bertz CT molecular complexity index is 215. The van der Waals surface area contributed by atoms with Gasteiger partial charge in [-0.2, -0.15) is 0 Å². The lowest BCUT2D eigenvalue weighted by molar-refractivity contribution is -0.0760. The Morgan fingerprint density at radius 3 is 2.55 bits per heavy atom. The predicted molar refractivity (Wildman–Crippen MR) is 45.1 cm³/mol.